The predicted octanol–water partition coefficient (Wildman–Crippen LogP) is 0.851. The van der Waals surface area contributed by atoms with Crippen LogP contribution in [0.25, 0.3) is 11.0 Å². The first-order valence-electron chi connectivity index (χ1n) is 9.55. The monoisotopic (exact) mass is 401 g/mol. The van der Waals surface area contributed by atoms with Crippen molar-refractivity contribution in [2.45, 2.75) is 31.8 Å². The number of anilines is 1. The van der Waals surface area contributed by atoms with Gasteiger partial charge in [-0.3, -0.25) is 0 Å². The second-order valence-corrected chi connectivity index (χ2v) is 10.0. The Hall–Kier alpha value is -2.22. The zero-order chi connectivity index (χ0) is 19.7. The fraction of sp³-hybridized carbons (Fsp3) is 0.611. The van der Waals surface area contributed by atoms with Gasteiger partial charge in [-0.1, -0.05) is 6.92 Å². The second-order valence-electron chi connectivity index (χ2n) is 8.33. The number of H-pyrrole nitrogens is 1. The number of nitrogens with zero attached hydrogens (tertiary/aromatic N) is 5. The molecule has 3 atom stereocenters. The van der Waals surface area contributed by atoms with Crippen LogP contribution in [0.4, 0.5) is 5.82 Å². The molecule has 1 unspecified atom stereocenters. The van der Waals surface area contributed by atoms with E-state index >= 15 is 0 Å². The van der Waals surface area contributed by atoms with E-state index < -0.39 is 15.6 Å². The second kappa shape index (κ2) is 5.89. The Morgan fingerprint density at radius 3 is 2.93 bits per heavy atom. The minimum atomic E-state index is -3.55. The van der Waals surface area contributed by atoms with E-state index in [1.54, 1.807) is 0 Å². The first-order valence-corrected chi connectivity index (χ1v) is 11.0. The molecule has 9 nitrogen and oxygen atoms in total. The SMILES string of the molecule is C[C@@H]1C2CN(S(=O)(=O)N[C@H]3C[C@@H](N(C)c4ncnc5[nH]ccc45)C3)C[C@@]21C#N. The first-order chi connectivity index (χ1) is 13.4. The Bertz CT molecular complexity index is 1070. The van der Waals surface area contributed by atoms with Crippen molar-refractivity contribution in [3.05, 3.63) is 18.6 Å². The van der Waals surface area contributed by atoms with Gasteiger partial charge in [0.1, 0.15) is 17.8 Å². The fourth-order valence-electron chi connectivity index (χ4n) is 4.89. The minimum Gasteiger partial charge on any atom is -0.356 e. The topological polar surface area (TPSA) is 118 Å². The van der Waals surface area contributed by atoms with Crippen LogP contribution in [0.5, 0.6) is 0 Å². The van der Waals surface area contributed by atoms with E-state index in [2.05, 4.69) is 30.6 Å². The van der Waals surface area contributed by atoms with Crippen molar-refractivity contribution in [3.63, 3.8) is 0 Å². The lowest BCUT2D eigenvalue weighted by molar-refractivity contribution is 0.305. The van der Waals surface area contributed by atoms with Gasteiger partial charge in [0.05, 0.1) is 16.9 Å². The molecule has 0 bridgehead atoms. The lowest BCUT2D eigenvalue weighted by Gasteiger charge is -2.42. The zero-order valence-electron chi connectivity index (χ0n) is 15.8. The molecule has 1 saturated heterocycles. The molecule has 0 aromatic carbocycles. The lowest BCUT2D eigenvalue weighted by atomic mass is 9.86. The van der Waals surface area contributed by atoms with E-state index in [-0.39, 0.29) is 18.0 Å². The number of fused-ring (bicyclic) bond motifs is 2. The molecule has 0 radical (unpaired) electrons. The van der Waals surface area contributed by atoms with Gasteiger partial charge in [-0.25, -0.2) is 9.97 Å². The van der Waals surface area contributed by atoms with Gasteiger partial charge < -0.3 is 9.88 Å². The van der Waals surface area contributed by atoms with Crippen molar-refractivity contribution < 1.29 is 8.42 Å². The summed E-state index contributed by atoms with van der Waals surface area (Å²) in [6, 6.07) is 4.43. The summed E-state index contributed by atoms with van der Waals surface area (Å²) >= 11 is 0. The zero-order valence-corrected chi connectivity index (χ0v) is 16.6. The number of hydrogen-bond donors (Lipinski definition) is 2. The Morgan fingerprint density at radius 1 is 1.43 bits per heavy atom. The molecule has 2 aromatic rings. The van der Waals surface area contributed by atoms with Gasteiger partial charge in [0.2, 0.25) is 0 Å². The van der Waals surface area contributed by atoms with Crippen molar-refractivity contribution in [2.75, 3.05) is 25.0 Å². The highest BCUT2D eigenvalue weighted by Gasteiger charge is 2.69. The highest BCUT2D eigenvalue weighted by Crippen LogP contribution is 2.62. The van der Waals surface area contributed by atoms with Gasteiger partial charge >= 0.3 is 0 Å². The molecule has 3 heterocycles. The van der Waals surface area contributed by atoms with E-state index in [9.17, 15) is 13.7 Å². The highest BCUT2D eigenvalue weighted by atomic mass is 32.2. The molecular weight excluding hydrogens is 378 g/mol. The lowest BCUT2D eigenvalue weighted by Crippen LogP contribution is -2.56. The summed E-state index contributed by atoms with van der Waals surface area (Å²) in [5.74, 6) is 1.32. The maximum Gasteiger partial charge on any atom is 0.279 e. The van der Waals surface area contributed by atoms with E-state index in [0.29, 0.717) is 19.0 Å². The Labute approximate surface area is 163 Å². The summed E-state index contributed by atoms with van der Waals surface area (Å²) in [7, 11) is -1.57. The van der Waals surface area contributed by atoms with E-state index in [4.69, 9.17) is 0 Å². The van der Waals surface area contributed by atoms with Crippen molar-refractivity contribution in [1.82, 2.24) is 24.0 Å². The number of rotatable bonds is 5. The van der Waals surface area contributed by atoms with Gasteiger partial charge in [-0.2, -0.15) is 22.7 Å². The molecule has 2 N–H and O–H groups in total. The highest BCUT2D eigenvalue weighted by molar-refractivity contribution is 7.87. The van der Waals surface area contributed by atoms with Crippen LogP contribution < -0.4 is 9.62 Å². The number of piperidine rings is 1. The standard InChI is InChI=1S/C18H23N7O2S/c1-11-15-7-25(9-18(11,15)8-19)28(26,27)23-12-5-13(6-12)24(2)17-14-3-4-20-16(14)21-10-22-17/h3-4,10-13,15,23H,5-7,9H2,1-2H3,(H,20,21,22)/t11-,12-,13+,15?,18-/m1/s1. The summed E-state index contributed by atoms with van der Waals surface area (Å²) < 4.78 is 29.7. The molecule has 2 aliphatic carbocycles. The largest absolute Gasteiger partial charge is 0.356 e. The van der Waals surface area contributed by atoms with Crippen molar-refractivity contribution in [1.29, 1.82) is 5.26 Å². The Kier molecular flexibility index (Phi) is 3.75. The Balaban J connectivity index is 1.21. The smallest absolute Gasteiger partial charge is 0.279 e. The third kappa shape index (κ3) is 2.46. The van der Waals surface area contributed by atoms with Gasteiger partial charge in [-0.15, -0.1) is 0 Å². The molecular formula is C18H23N7O2S. The van der Waals surface area contributed by atoms with Crippen LogP contribution in [-0.4, -0.2) is 59.9 Å². The summed E-state index contributed by atoms with van der Waals surface area (Å²) in [5.41, 5.74) is 0.327. The summed E-state index contributed by atoms with van der Waals surface area (Å²) in [4.78, 5) is 13.8. The van der Waals surface area contributed by atoms with Crippen LogP contribution in [0.3, 0.4) is 0 Å². The summed E-state index contributed by atoms with van der Waals surface area (Å²) in [6.07, 6.45) is 4.82. The van der Waals surface area contributed by atoms with Gasteiger partial charge in [0.15, 0.2) is 0 Å². The van der Waals surface area contributed by atoms with Crippen LogP contribution >= 0.6 is 0 Å². The van der Waals surface area contributed by atoms with E-state index in [0.717, 1.165) is 29.7 Å². The van der Waals surface area contributed by atoms with Gasteiger partial charge in [-0.05, 0) is 30.7 Å². The molecule has 5 rings (SSSR count). The van der Waals surface area contributed by atoms with Gasteiger partial charge in [0, 0.05) is 38.4 Å². The average molecular weight is 401 g/mol. The van der Waals surface area contributed by atoms with Crippen LogP contribution in [0.15, 0.2) is 18.6 Å². The third-order valence-electron chi connectivity index (χ3n) is 7.00. The normalized spacial score (nSPS) is 34.6. The molecule has 28 heavy (non-hydrogen) atoms. The molecule has 10 heteroatoms. The Morgan fingerprint density at radius 2 is 2.21 bits per heavy atom. The maximum absolute atomic E-state index is 12.7. The molecule has 148 valence electrons. The number of nitriles is 1. The molecule has 0 spiro atoms. The van der Waals surface area contributed by atoms with Crippen molar-refractivity contribution in [2.24, 2.45) is 17.3 Å². The van der Waals surface area contributed by atoms with E-state index in [1.165, 1.54) is 10.6 Å². The van der Waals surface area contributed by atoms with Crippen LogP contribution in [0, 0.1) is 28.6 Å². The summed E-state index contributed by atoms with van der Waals surface area (Å²) in [5, 5.41) is 10.4. The number of aromatic nitrogens is 3. The molecule has 3 aliphatic rings. The maximum atomic E-state index is 12.7. The summed E-state index contributed by atoms with van der Waals surface area (Å²) in [6.45, 7) is 2.80. The van der Waals surface area contributed by atoms with Crippen LogP contribution in [0.1, 0.15) is 19.8 Å². The van der Waals surface area contributed by atoms with Crippen molar-refractivity contribution >= 4 is 27.1 Å². The number of hydrogen-bond acceptors (Lipinski definition) is 6. The number of aromatic amines is 1. The van der Waals surface area contributed by atoms with Crippen LogP contribution in [0.2, 0.25) is 0 Å². The third-order valence-corrected chi connectivity index (χ3v) is 8.59. The average Bonchev–Trinajstić information content (AvgIpc) is 3.07. The molecule has 3 fully saturated rings. The fourth-order valence-corrected chi connectivity index (χ4v) is 6.39. The molecule has 2 aromatic heterocycles. The molecule has 1 aliphatic heterocycles. The molecule has 0 amide bonds. The van der Waals surface area contributed by atoms with Gasteiger partial charge in [0.25, 0.3) is 10.2 Å². The predicted molar refractivity (Wildman–Crippen MR) is 103 cm³/mol. The van der Waals surface area contributed by atoms with E-state index in [1.807, 2.05) is 26.2 Å². The first kappa shape index (κ1) is 17.8. The quantitative estimate of drug-likeness (QED) is 0.767. The van der Waals surface area contributed by atoms with Crippen molar-refractivity contribution in [3.8, 4) is 6.07 Å². The molecule has 2 saturated carbocycles. The minimum absolute atomic E-state index is 0.0895. The van der Waals surface area contributed by atoms with Crippen LogP contribution in [-0.2, 0) is 10.2 Å². The number of nitrogens with one attached hydrogen (secondary N) is 2.